The van der Waals surface area contributed by atoms with Gasteiger partial charge in [0.15, 0.2) is 0 Å². The smallest absolute Gasteiger partial charge is 0.0499 e. The summed E-state index contributed by atoms with van der Waals surface area (Å²) in [6.45, 7) is 5.13. The molecule has 1 aliphatic heterocycles. The summed E-state index contributed by atoms with van der Waals surface area (Å²) in [4.78, 5) is 4.97. The quantitative estimate of drug-likeness (QED) is 0.534. The topological polar surface area (TPSA) is 6.48 Å². The highest BCUT2D eigenvalue weighted by atomic mass is 35.5. The molecule has 2 nitrogen and oxygen atoms in total. The Morgan fingerprint density at radius 2 is 1.41 bits per heavy atom. The molecule has 1 aliphatic rings. The Kier molecular flexibility index (Phi) is 5.68. The molecule has 0 saturated carbocycles. The van der Waals surface area contributed by atoms with Gasteiger partial charge in [0.25, 0.3) is 0 Å². The van der Waals surface area contributed by atoms with Gasteiger partial charge in [-0.05, 0) is 35.4 Å². The van der Waals surface area contributed by atoms with Crippen molar-refractivity contribution in [2.45, 2.75) is 6.54 Å². The summed E-state index contributed by atoms with van der Waals surface area (Å²) in [7, 11) is 0. The summed E-state index contributed by atoms with van der Waals surface area (Å²) in [6, 6.07) is 24.9. The first kappa shape index (κ1) is 18.4. The van der Waals surface area contributed by atoms with Gasteiger partial charge in [-0.15, -0.1) is 0 Å². The van der Waals surface area contributed by atoms with E-state index in [1.54, 1.807) is 0 Å². The van der Waals surface area contributed by atoms with Crippen molar-refractivity contribution in [3.05, 3.63) is 88.4 Å². The minimum atomic E-state index is 0.665. The molecule has 4 heteroatoms. The van der Waals surface area contributed by atoms with Gasteiger partial charge in [-0.1, -0.05) is 71.7 Å². The van der Waals surface area contributed by atoms with Crippen LogP contribution in [0.4, 0.5) is 5.69 Å². The molecule has 4 rings (SSSR count). The van der Waals surface area contributed by atoms with Crippen LogP contribution in [-0.2, 0) is 6.54 Å². The Morgan fingerprint density at radius 3 is 2.15 bits per heavy atom. The fourth-order valence-corrected chi connectivity index (χ4v) is 4.18. The number of piperazine rings is 1. The fourth-order valence-electron chi connectivity index (χ4n) is 3.67. The lowest BCUT2D eigenvalue weighted by Crippen LogP contribution is -2.46. The first-order valence-corrected chi connectivity index (χ1v) is 10.0. The van der Waals surface area contributed by atoms with E-state index in [9.17, 15) is 0 Å². The van der Waals surface area contributed by atoms with Crippen molar-refractivity contribution in [3.63, 3.8) is 0 Å². The van der Waals surface area contributed by atoms with Crippen molar-refractivity contribution in [2.24, 2.45) is 0 Å². The molecular weight excluding hydrogens is 375 g/mol. The van der Waals surface area contributed by atoms with E-state index in [2.05, 4.69) is 64.4 Å². The summed E-state index contributed by atoms with van der Waals surface area (Å²) in [5, 5.41) is 1.36. The number of para-hydroxylation sites is 1. The lowest BCUT2D eigenvalue weighted by molar-refractivity contribution is 0.250. The van der Waals surface area contributed by atoms with Crippen LogP contribution in [0.15, 0.2) is 72.8 Å². The molecular formula is C23H22Cl2N2. The Bertz CT molecular complexity index is 903. The first-order valence-electron chi connectivity index (χ1n) is 9.26. The maximum absolute atomic E-state index is 6.46. The Labute approximate surface area is 170 Å². The van der Waals surface area contributed by atoms with Crippen LogP contribution in [-0.4, -0.2) is 31.1 Å². The number of halogens is 2. The second kappa shape index (κ2) is 8.35. The van der Waals surface area contributed by atoms with E-state index in [0.717, 1.165) is 38.3 Å². The highest BCUT2D eigenvalue weighted by Crippen LogP contribution is 2.33. The molecule has 1 heterocycles. The van der Waals surface area contributed by atoms with Crippen molar-refractivity contribution < 1.29 is 0 Å². The third kappa shape index (κ3) is 4.30. The fraction of sp³-hybridized carbons (Fsp3) is 0.217. The summed E-state index contributed by atoms with van der Waals surface area (Å²) in [5.41, 5.74) is 4.84. The number of hydrogen-bond acceptors (Lipinski definition) is 2. The van der Waals surface area contributed by atoms with Gasteiger partial charge in [0, 0.05) is 54.0 Å². The van der Waals surface area contributed by atoms with E-state index in [-0.39, 0.29) is 0 Å². The van der Waals surface area contributed by atoms with Gasteiger partial charge in [-0.3, -0.25) is 4.90 Å². The third-order valence-corrected chi connectivity index (χ3v) is 5.67. The van der Waals surface area contributed by atoms with Gasteiger partial charge in [-0.25, -0.2) is 0 Å². The number of benzene rings is 3. The number of nitrogens with zero attached hydrogens (tertiary/aromatic N) is 2. The van der Waals surface area contributed by atoms with Crippen molar-refractivity contribution in [1.82, 2.24) is 4.90 Å². The lowest BCUT2D eigenvalue weighted by Gasteiger charge is -2.36. The molecule has 0 atom stereocenters. The predicted octanol–water partition coefficient (Wildman–Crippen LogP) is 5.98. The molecule has 138 valence electrons. The Hall–Kier alpha value is -2.00. The molecule has 3 aromatic carbocycles. The van der Waals surface area contributed by atoms with Gasteiger partial charge >= 0.3 is 0 Å². The van der Waals surface area contributed by atoms with Gasteiger partial charge in [0.2, 0.25) is 0 Å². The molecule has 0 bridgehead atoms. The Balaban J connectivity index is 1.48. The van der Waals surface area contributed by atoms with E-state index in [1.807, 2.05) is 18.2 Å². The molecule has 0 aliphatic carbocycles. The molecule has 1 saturated heterocycles. The lowest BCUT2D eigenvalue weighted by atomic mass is 9.99. The number of hydrogen-bond donors (Lipinski definition) is 0. The van der Waals surface area contributed by atoms with Crippen molar-refractivity contribution in [1.29, 1.82) is 0 Å². The zero-order valence-corrected chi connectivity index (χ0v) is 16.6. The molecule has 3 aromatic rings. The van der Waals surface area contributed by atoms with Crippen LogP contribution < -0.4 is 4.90 Å². The van der Waals surface area contributed by atoms with Crippen LogP contribution in [0.1, 0.15) is 5.56 Å². The summed E-state index contributed by atoms with van der Waals surface area (Å²) < 4.78 is 0. The van der Waals surface area contributed by atoms with Crippen LogP contribution in [0.3, 0.4) is 0 Å². The van der Waals surface area contributed by atoms with Crippen LogP contribution >= 0.6 is 23.2 Å². The maximum Gasteiger partial charge on any atom is 0.0499 e. The molecule has 1 fully saturated rings. The second-order valence-electron chi connectivity index (χ2n) is 6.88. The minimum absolute atomic E-state index is 0.665. The zero-order chi connectivity index (χ0) is 18.6. The minimum Gasteiger partial charge on any atom is -0.369 e. The second-order valence-corrected chi connectivity index (χ2v) is 7.72. The average Bonchev–Trinajstić information content (AvgIpc) is 2.70. The van der Waals surface area contributed by atoms with E-state index in [0.29, 0.717) is 10.0 Å². The average molecular weight is 397 g/mol. The van der Waals surface area contributed by atoms with Crippen LogP contribution in [0.5, 0.6) is 0 Å². The number of anilines is 1. The largest absolute Gasteiger partial charge is 0.369 e. The van der Waals surface area contributed by atoms with E-state index in [4.69, 9.17) is 23.2 Å². The molecule has 0 amide bonds. The monoisotopic (exact) mass is 396 g/mol. The molecule has 0 spiro atoms. The standard InChI is InChI=1S/C23H22Cl2N2/c24-19-10-11-22(23(25)16-19)21-9-5-4-6-18(21)17-26-12-14-27(15-13-26)20-7-2-1-3-8-20/h1-11,16H,12-15,17H2. The molecule has 0 unspecified atom stereocenters. The highest BCUT2D eigenvalue weighted by molar-refractivity contribution is 6.36. The highest BCUT2D eigenvalue weighted by Gasteiger charge is 2.18. The molecule has 0 aromatic heterocycles. The van der Waals surface area contributed by atoms with Crippen LogP contribution in [0, 0.1) is 0 Å². The van der Waals surface area contributed by atoms with Crippen LogP contribution in [0.2, 0.25) is 10.0 Å². The molecule has 0 radical (unpaired) electrons. The van der Waals surface area contributed by atoms with Gasteiger partial charge < -0.3 is 4.90 Å². The predicted molar refractivity (Wildman–Crippen MR) is 116 cm³/mol. The first-order chi connectivity index (χ1) is 13.2. The zero-order valence-electron chi connectivity index (χ0n) is 15.1. The summed E-state index contributed by atoms with van der Waals surface area (Å²) >= 11 is 12.5. The molecule has 0 N–H and O–H groups in total. The van der Waals surface area contributed by atoms with Gasteiger partial charge in [0.05, 0.1) is 0 Å². The summed E-state index contributed by atoms with van der Waals surface area (Å²) in [5.74, 6) is 0. The van der Waals surface area contributed by atoms with Crippen molar-refractivity contribution >= 4 is 28.9 Å². The molecule has 27 heavy (non-hydrogen) atoms. The third-order valence-electron chi connectivity index (χ3n) is 5.13. The number of rotatable bonds is 4. The van der Waals surface area contributed by atoms with E-state index < -0.39 is 0 Å². The van der Waals surface area contributed by atoms with Gasteiger partial charge in [0.1, 0.15) is 0 Å². The van der Waals surface area contributed by atoms with Crippen molar-refractivity contribution in [3.8, 4) is 11.1 Å². The van der Waals surface area contributed by atoms with Crippen molar-refractivity contribution in [2.75, 3.05) is 31.1 Å². The Morgan fingerprint density at radius 1 is 0.704 bits per heavy atom. The van der Waals surface area contributed by atoms with Crippen LogP contribution in [0.25, 0.3) is 11.1 Å². The van der Waals surface area contributed by atoms with E-state index in [1.165, 1.54) is 16.8 Å². The van der Waals surface area contributed by atoms with E-state index >= 15 is 0 Å². The normalized spacial score (nSPS) is 15.1. The summed E-state index contributed by atoms with van der Waals surface area (Å²) in [6.07, 6.45) is 0. The van der Waals surface area contributed by atoms with Gasteiger partial charge in [-0.2, -0.15) is 0 Å². The SMILES string of the molecule is Clc1ccc(-c2ccccc2CN2CCN(c3ccccc3)CC2)c(Cl)c1. The maximum atomic E-state index is 6.46.